The molecule has 2 aliphatic heterocycles. The van der Waals surface area contributed by atoms with Crippen LogP contribution in [0.5, 0.6) is 0 Å². The Kier molecular flexibility index (Phi) is 4.91. The van der Waals surface area contributed by atoms with Gasteiger partial charge in [0.05, 0.1) is 13.1 Å². The van der Waals surface area contributed by atoms with E-state index in [-0.39, 0.29) is 31.6 Å². The Morgan fingerprint density at radius 2 is 2.36 bits per heavy atom. The topological polar surface area (TPSA) is 90.4 Å². The molecule has 1 unspecified atom stereocenters. The van der Waals surface area contributed by atoms with Crippen LogP contribution >= 0.6 is 11.3 Å². The maximum atomic E-state index is 14.9. The lowest BCUT2D eigenvalue weighted by atomic mass is 9.98. The normalized spacial score (nSPS) is 23.8. The number of nitrogens with two attached hydrogens (primary N) is 1. The number of allylic oxidation sites excluding steroid dienone is 1. The van der Waals surface area contributed by atoms with Crippen LogP contribution in [0.25, 0.3) is 0 Å². The highest BCUT2D eigenvalue weighted by Crippen LogP contribution is 2.39. The van der Waals surface area contributed by atoms with Gasteiger partial charge < -0.3 is 21.4 Å². The van der Waals surface area contributed by atoms with Gasteiger partial charge in [0.15, 0.2) is 10.8 Å². The quantitative estimate of drug-likeness (QED) is 0.527. The van der Waals surface area contributed by atoms with Gasteiger partial charge in [-0.25, -0.2) is 9.37 Å². The second-order valence-corrected chi connectivity index (χ2v) is 6.63. The SMILES string of the molecule is N=C/C(=C\NC(F)F)C1=C2CC(F)(CN)CN2C(c2nccs2)=NC1. The molecule has 0 amide bonds. The Labute approximate surface area is 146 Å². The zero-order valence-electron chi connectivity index (χ0n) is 13.2. The predicted molar refractivity (Wildman–Crippen MR) is 90.8 cm³/mol. The van der Waals surface area contributed by atoms with Crippen LogP contribution in [0.2, 0.25) is 0 Å². The monoisotopic (exact) mass is 370 g/mol. The summed E-state index contributed by atoms with van der Waals surface area (Å²) in [5.74, 6) is 0.549. The average molecular weight is 370 g/mol. The number of nitrogens with zero attached hydrogens (tertiary/aromatic N) is 3. The van der Waals surface area contributed by atoms with Gasteiger partial charge in [-0.2, -0.15) is 8.78 Å². The zero-order chi connectivity index (χ0) is 18.0. The Morgan fingerprint density at radius 1 is 1.56 bits per heavy atom. The van der Waals surface area contributed by atoms with E-state index in [2.05, 4.69) is 9.98 Å². The molecule has 0 aromatic carbocycles. The minimum absolute atomic E-state index is 0.0221. The molecule has 0 aliphatic carbocycles. The summed E-state index contributed by atoms with van der Waals surface area (Å²) in [6.45, 7) is -2.73. The van der Waals surface area contributed by atoms with Crippen LogP contribution in [0.1, 0.15) is 11.4 Å². The number of nitrogens with one attached hydrogen (secondary N) is 2. The Balaban J connectivity index is 2.01. The van der Waals surface area contributed by atoms with Crippen LogP contribution in [0.3, 0.4) is 0 Å². The molecule has 0 spiro atoms. The third-order valence-electron chi connectivity index (χ3n) is 4.10. The number of hydrogen-bond donors (Lipinski definition) is 3. The van der Waals surface area contributed by atoms with Crippen LogP contribution in [0.15, 0.2) is 39.6 Å². The molecule has 10 heteroatoms. The summed E-state index contributed by atoms with van der Waals surface area (Å²) >= 11 is 1.38. The van der Waals surface area contributed by atoms with E-state index in [9.17, 15) is 13.2 Å². The van der Waals surface area contributed by atoms with E-state index in [0.717, 1.165) is 12.4 Å². The average Bonchev–Trinajstić information content (AvgIpc) is 3.23. The molecule has 0 bridgehead atoms. The van der Waals surface area contributed by atoms with Crippen molar-refractivity contribution in [2.75, 3.05) is 19.6 Å². The zero-order valence-corrected chi connectivity index (χ0v) is 14.0. The molecule has 3 rings (SSSR count). The van der Waals surface area contributed by atoms with E-state index in [4.69, 9.17) is 11.1 Å². The molecular formula is C15H17F3N6S. The van der Waals surface area contributed by atoms with Gasteiger partial charge in [-0.05, 0) is 0 Å². The van der Waals surface area contributed by atoms with E-state index in [1.54, 1.807) is 16.5 Å². The second-order valence-electron chi connectivity index (χ2n) is 5.73. The molecule has 3 heterocycles. The number of aromatic nitrogens is 1. The summed E-state index contributed by atoms with van der Waals surface area (Å²) in [5, 5.41) is 11.8. The number of alkyl halides is 3. The summed E-state index contributed by atoms with van der Waals surface area (Å²) < 4.78 is 39.8. The lowest BCUT2D eigenvalue weighted by Crippen LogP contribution is -2.39. The van der Waals surface area contributed by atoms with Crippen LogP contribution < -0.4 is 11.1 Å². The number of aliphatic imine (C=N–C) groups is 1. The highest BCUT2D eigenvalue weighted by Gasteiger charge is 2.45. The molecule has 4 N–H and O–H groups in total. The van der Waals surface area contributed by atoms with Crippen molar-refractivity contribution in [3.8, 4) is 0 Å². The van der Waals surface area contributed by atoms with Crippen LogP contribution in [-0.2, 0) is 0 Å². The number of halogens is 3. The lowest BCUT2D eigenvalue weighted by Gasteiger charge is -2.28. The molecule has 134 valence electrons. The van der Waals surface area contributed by atoms with Gasteiger partial charge in [0.1, 0.15) is 5.67 Å². The Morgan fingerprint density at radius 3 is 2.96 bits per heavy atom. The van der Waals surface area contributed by atoms with Crippen molar-refractivity contribution in [2.45, 2.75) is 18.6 Å². The molecule has 2 aliphatic rings. The Bertz CT molecular complexity index is 742. The largest absolute Gasteiger partial charge is 0.336 e. The first-order chi connectivity index (χ1) is 12.0. The van der Waals surface area contributed by atoms with Gasteiger partial charge in [0.25, 0.3) is 0 Å². The van der Waals surface area contributed by atoms with Gasteiger partial charge in [-0.15, -0.1) is 11.3 Å². The lowest BCUT2D eigenvalue weighted by molar-refractivity contribution is 0.125. The van der Waals surface area contributed by atoms with Crippen molar-refractivity contribution in [1.29, 1.82) is 5.41 Å². The molecule has 0 saturated carbocycles. The minimum atomic E-state index is -2.75. The van der Waals surface area contributed by atoms with E-state index in [1.807, 2.05) is 5.32 Å². The smallest absolute Gasteiger partial charge is 0.312 e. The molecular weight excluding hydrogens is 353 g/mol. The maximum Gasteiger partial charge on any atom is 0.312 e. The minimum Gasteiger partial charge on any atom is -0.336 e. The first-order valence-electron chi connectivity index (χ1n) is 7.55. The fraction of sp³-hybridized carbons (Fsp3) is 0.400. The number of rotatable bonds is 6. The predicted octanol–water partition coefficient (Wildman–Crippen LogP) is 1.88. The van der Waals surface area contributed by atoms with Gasteiger partial charge in [-0.3, -0.25) is 4.99 Å². The fourth-order valence-electron chi connectivity index (χ4n) is 2.91. The van der Waals surface area contributed by atoms with Gasteiger partial charge in [0, 0.05) is 53.8 Å². The molecule has 6 nitrogen and oxygen atoms in total. The molecule has 1 aromatic heterocycles. The van der Waals surface area contributed by atoms with Crippen molar-refractivity contribution in [3.05, 3.63) is 39.6 Å². The summed E-state index contributed by atoms with van der Waals surface area (Å²) in [7, 11) is 0. The number of amidine groups is 1. The van der Waals surface area contributed by atoms with Gasteiger partial charge in [-0.1, -0.05) is 0 Å². The summed E-state index contributed by atoms with van der Waals surface area (Å²) in [4.78, 5) is 10.4. The van der Waals surface area contributed by atoms with E-state index in [0.29, 0.717) is 22.1 Å². The third-order valence-corrected chi connectivity index (χ3v) is 4.87. The molecule has 1 fully saturated rings. The molecule has 1 aromatic rings. The molecule has 1 saturated heterocycles. The van der Waals surface area contributed by atoms with Crippen molar-refractivity contribution >= 4 is 23.4 Å². The second kappa shape index (κ2) is 6.96. The summed E-state index contributed by atoms with van der Waals surface area (Å²) in [5.41, 5.74) is 5.35. The molecule has 0 radical (unpaired) electrons. The number of fused-ring (bicyclic) bond motifs is 1. The van der Waals surface area contributed by atoms with Gasteiger partial charge >= 0.3 is 6.55 Å². The highest BCUT2D eigenvalue weighted by atomic mass is 32.1. The van der Waals surface area contributed by atoms with Crippen molar-refractivity contribution in [3.63, 3.8) is 0 Å². The van der Waals surface area contributed by atoms with E-state index in [1.165, 1.54) is 11.3 Å². The van der Waals surface area contributed by atoms with Crippen molar-refractivity contribution < 1.29 is 13.2 Å². The van der Waals surface area contributed by atoms with E-state index >= 15 is 0 Å². The van der Waals surface area contributed by atoms with E-state index < -0.39 is 12.2 Å². The van der Waals surface area contributed by atoms with Crippen LogP contribution in [-0.4, -0.2) is 53.8 Å². The Hall–Kier alpha value is -2.20. The highest BCUT2D eigenvalue weighted by molar-refractivity contribution is 7.11. The maximum absolute atomic E-state index is 14.9. The third kappa shape index (κ3) is 3.45. The van der Waals surface area contributed by atoms with Crippen molar-refractivity contribution in [1.82, 2.24) is 15.2 Å². The first-order valence-corrected chi connectivity index (χ1v) is 8.43. The fourth-order valence-corrected chi connectivity index (χ4v) is 3.57. The summed E-state index contributed by atoms with van der Waals surface area (Å²) in [6.07, 6.45) is 3.70. The molecule has 25 heavy (non-hydrogen) atoms. The molecule has 1 atom stereocenters. The van der Waals surface area contributed by atoms with Crippen LogP contribution in [0.4, 0.5) is 13.2 Å². The summed E-state index contributed by atoms with van der Waals surface area (Å²) in [6, 6.07) is 0. The number of hydrogen-bond acceptors (Lipinski definition) is 7. The van der Waals surface area contributed by atoms with Crippen LogP contribution in [0, 0.1) is 5.41 Å². The van der Waals surface area contributed by atoms with Gasteiger partial charge in [0.2, 0.25) is 0 Å². The van der Waals surface area contributed by atoms with Crippen molar-refractivity contribution in [2.24, 2.45) is 10.7 Å². The standard InChI is InChI=1S/C15H17F3N6S/c16-14(17)23-5-9(4-19)10-6-22-12(13-21-1-2-25-13)24-8-15(18,7-20)3-11(10)24/h1-2,4-5,14,19,23H,3,6-8,20H2/b9-5+,19-4?. The number of thiazole rings is 1. The first kappa shape index (κ1) is 17.6.